The molecule has 0 N–H and O–H groups in total. The summed E-state index contributed by atoms with van der Waals surface area (Å²) >= 11 is 0. The normalized spacial score (nSPS) is 14.9. The van der Waals surface area contributed by atoms with Gasteiger partial charge < -0.3 is 8.83 Å². The molecule has 0 saturated heterocycles. The van der Waals surface area contributed by atoms with Gasteiger partial charge in [-0.05, 0) is 78.7 Å². The lowest BCUT2D eigenvalue weighted by molar-refractivity contribution is 0.593. The van der Waals surface area contributed by atoms with E-state index in [1.165, 1.54) is 33.0 Å². The summed E-state index contributed by atoms with van der Waals surface area (Å²) in [4.78, 5) is 0. The average molecular weight is 469 g/mol. The highest BCUT2D eigenvalue weighted by Gasteiger charge is 2.37. The van der Waals surface area contributed by atoms with E-state index in [0.29, 0.717) is 5.66 Å². The number of hydrogen-bond acceptors (Lipinski definition) is 2. The van der Waals surface area contributed by atoms with Gasteiger partial charge in [0, 0.05) is 5.92 Å². The third-order valence-electron chi connectivity index (χ3n) is 6.11. The highest BCUT2D eigenvalue weighted by atomic mass is 31.1. The largest absolute Gasteiger partial charge is 0.464 e. The van der Waals surface area contributed by atoms with E-state index in [0.717, 1.165) is 11.0 Å². The summed E-state index contributed by atoms with van der Waals surface area (Å²) in [7, 11) is -1.50. The first-order valence-electron chi connectivity index (χ1n) is 11.2. The quantitative estimate of drug-likeness (QED) is 0.290. The monoisotopic (exact) mass is 469 g/mol. The topological polar surface area (TPSA) is 26.3 Å². The van der Waals surface area contributed by atoms with Crippen molar-refractivity contribution in [3.05, 3.63) is 126 Å². The van der Waals surface area contributed by atoms with Crippen molar-refractivity contribution in [2.45, 2.75) is 26.4 Å². The molecule has 1 aliphatic carbocycles. The summed E-state index contributed by atoms with van der Waals surface area (Å²) in [6.07, 6.45) is 10.3. The molecule has 0 saturated carbocycles. The Bertz CT molecular complexity index is 1190. The molecule has 2 nitrogen and oxygen atoms in total. The molecule has 1 radical (unpaired) electrons. The van der Waals surface area contributed by atoms with Crippen LogP contribution in [0.1, 0.15) is 18.1 Å². The molecule has 0 aliphatic heterocycles. The van der Waals surface area contributed by atoms with Crippen molar-refractivity contribution in [1.29, 1.82) is 0 Å². The molecular weight excluding hydrogens is 442 g/mol. The molecule has 5 rings (SSSR count). The molecule has 165 valence electrons. The second-order valence-electron chi connectivity index (χ2n) is 8.22. The van der Waals surface area contributed by atoms with Crippen molar-refractivity contribution < 1.29 is 8.83 Å². The van der Waals surface area contributed by atoms with Crippen LogP contribution < -0.4 is 21.6 Å². The molecule has 0 spiro atoms. The maximum Gasteiger partial charge on any atom is 0.137 e. The number of rotatable bonds is 7. The Labute approximate surface area is 198 Å². The van der Waals surface area contributed by atoms with Crippen LogP contribution in [-0.2, 0) is 0 Å². The van der Waals surface area contributed by atoms with E-state index >= 15 is 0 Å². The van der Waals surface area contributed by atoms with Crippen molar-refractivity contribution in [2.24, 2.45) is 0 Å². The predicted octanol–water partition coefficient (Wildman–Crippen LogP) is 6.47. The molecule has 4 heteroatoms. The van der Waals surface area contributed by atoms with E-state index in [4.69, 9.17) is 8.83 Å². The molecule has 33 heavy (non-hydrogen) atoms. The lowest BCUT2D eigenvalue weighted by Gasteiger charge is -2.33. The van der Waals surface area contributed by atoms with E-state index in [2.05, 4.69) is 99.7 Å². The number of hydrogen-bond donors (Lipinski definition) is 0. The highest BCUT2D eigenvalue weighted by Crippen LogP contribution is 2.56. The van der Waals surface area contributed by atoms with E-state index in [-0.39, 0.29) is 0 Å². The Morgan fingerprint density at radius 1 is 0.697 bits per heavy atom. The van der Waals surface area contributed by atoms with Gasteiger partial charge in [-0.15, -0.1) is 0 Å². The van der Waals surface area contributed by atoms with Crippen LogP contribution in [-0.4, -0.2) is 5.66 Å². The molecular formula is C29H27O2P2. The number of benzene rings is 2. The molecule has 0 fully saturated rings. The Morgan fingerprint density at radius 2 is 1.24 bits per heavy atom. The summed E-state index contributed by atoms with van der Waals surface area (Å²) in [6, 6.07) is 25.8. The fraction of sp³-hybridized carbons (Fsp3) is 0.138. The van der Waals surface area contributed by atoms with Crippen LogP contribution in [0.4, 0.5) is 0 Å². The van der Waals surface area contributed by atoms with Crippen LogP contribution in [0, 0.1) is 19.8 Å². The first-order chi connectivity index (χ1) is 16.1. The summed E-state index contributed by atoms with van der Waals surface area (Å²) in [5.41, 5.74) is 4.98. The summed E-state index contributed by atoms with van der Waals surface area (Å²) in [5.74, 6) is 1.38. The maximum atomic E-state index is 5.92. The Hall–Kier alpha value is -2.66. The van der Waals surface area contributed by atoms with Gasteiger partial charge in [0.1, 0.15) is 11.0 Å². The summed E-state index contributed by atoms with van der Waals surface area (Å²) in [6.45, 7) is 6.86. The molecule has 4 aromatic rings. The average Bonchev–Trinajstić information content (AvgIpc) is 3.61. The fourth-order valence-corrected chi connectivity index (χ4v) is 9.83. The number of aryl methyl sites for hydroxylation is 2. The van der Waals surface area contributed by atoms with Crippen molar-refractivity contribution in [3.63, 3.8) is 0 Å². The van der Waals surface area contributed by atoms with Crippen LogP contribution in [0.15, 0.2) is 118 Å². The molecule has 1 aliphatic rings. The van der Waals surface area contributed by atoms with Gasteiger partial charge in [-0.2, -0.15) is 0 Å². The first-order valence-corrected chi connectivity index (χ1v) is 13.9. The third kappa shape index (κ3) is 4.31. The molecule has 0 unspecified atom stereocenters. The predicted molar refractivity (Wildman–Crippen MR) is 142 cm³/mol. The van der Waals surface area contributed by atoms with Gasteiger partial charge in [0.15, 0.2) is 0 Å². The molecule has 1 atom stereocenters. The van der Waals surface area contributed by atoms with E-state index in [9.17, 15) is 0 Å². The SMILES string of the molecule is Cc1ccccc1P(c1ccccc1C)[C@@H](C)[C]1C=CC=C1P(c1ccco1)c1ccco1. The van der Waals surface area contributed by atoms with Gasteiger partial charge in [-0.3, -0.25) is 0 Å². The van der Waals surface area contributed by atoms with Gasteiger partial charge in [-0.25, -0.2) is 0 Å². The smallest absolute Gasteiger partial charge is 0.137 e. The van der Waals surface area contributed by atoms with Gasteiger partial charge in [-0.1, -0.05) is 73.7 Å². The zero-order valence-corrected chi connectivity index (χ0v) is 20.9. The minimum Gasteiger partial charge on any atom is -0.464 e. The van der Waals surface area contributed by atoms with Gasteiger partial charge in [0.05, 0.1) is 20.4 Å². The van der Waals surface area contributed by atoms with Crippen LogP contribution in [0.3, 0.4) is 0 Å². The Kier molecular flexibility index (Phi) is 6.50. The lowest BCUT2D eigenvalue weighted by Crippen LogP contribution is -2.27. The fourth-order valence-electron chi connectivity index (χ4n) is 4.48. The molecule has 2 aromatic carbocycles. The van der Waals surface area contributed by atoms with Gasteiger partial charge >= 0.3 is 0 Å². The highest BCUT2D eigenvalue weighted by molar-refractivity contribution is 7.77. The maximum absolute atomic E-state index is 5.92. The van der Waals surface area contributed by atoms with Crippen LogP contribution >= 0.6 is 15.8 Å². The number of furan rings is 2. The van der Waals surface area contributed by atoms with Crippen molar-refractivity contribution >= 4 is 37.5 Å². The molecule has 0 bridgehead atoms. The van der Waals surface area contributed by atoms with Crippen molar-refractivity contribution in [1.82, 2.24) is 0 Å². The second kappa shape index (κ2) is 9.68. The summed E-state index contributed by atoms with van der Waals surface area (Å²) < 4.78 is 11.8. The van der Waals surface area contributed by atoms with Crippen LogP contribution in [0.5, 0.6) is 0 Å². The minimum atomic E-state index is -0.889. The van der Waals surface area contributed by atoms with Gasteiger partial charge in [0.25, 0.3) is 0 Å². The molecule has 2 heterocycles. The summed E-state index contributed by atoms with van der Waals surface area (Å²) in [5, 5.41) is 4.21. The standard InChI is InChI=1S/C29H27O2P2/c1-21-11-4-6-14-25(21)32(26-15-7-5-12-22(26)2)23(3)24-13-8-16-27(24)33(28-17-9-19-30-28)29-18-10-20-31-29/h4-20,23H,1-3H3/t23-/m0/s1. The number of allylic oxidation sites excluding steroid dienone is 4. The van der Waals surface area contributed by atoms with E-state index in [1.54, 1.807) is 12.5 Å². The zero-order chi connectivity index (χ0) is 22.8. The van der Waals surface area contributed by atoms with Gasteiger partial charge in [0.2, 0.25) is 0 Å². The molecule has 2 aromatic heterocycles. The van der Waals surface area contributed by atoms with Crippen molar-refractivity contribution in [2.75, 3.05) is 0 Å². The second-order valence-corrected chi connectivity index (χ2v) is 12.7. The molecule has 0 amide bonds. The minimum absolute atomic E-state index is 0.335. The first kappa shape index (κ1) is 22.1. The third-order valence-corrected chi connectivity index (χ3v) is 11.5. The van der Waals surface area contributed by atoms with E-state index in [1.807, 2.05) is 12.1 Å². The van der Waals surface area contributed by atoms with Crippen LogP contribution in [0.2, 0.25) is 0 Å². The lowest BCUT2D eigenvalue weighted by atomic mass is 10.1. The van der Waals surface area contributed by atoms with Crippen molar-refractivity contribution in [3.8, 4) is 0 Å². The zero-order valence-electron chi connectivity index (χ0n) is 19.1. The van der Waals surface area contributed by atoms with Crippen LogP contribution in [0.25, 0.3) is 0 Å². The Morgan fingerprint density at radius 3 is 1.73 bits per heavy atom. The Balaban J connectivity index is 1.59. The van der Waals surface area contributed by atoms with E-state index < -0.39 is 15.8 Å².